The third-order valence-corrected chi connectivity index (χ3v) is 5.09. The van der Waals surface area contributed by atoms with E-state index in [1.165, 1.54) is 5.39 Å². The van der Waals surface area contributed by atoms with E-state index < -0.39 is 0 Å². The van der Waals surface area contributed by atoms with Gasteiger partial charge >= 0.3 is 0 Å². The van der Waals surface area contributed by atoms with Gasteiger partial charge in [-0.05, 0) is 28.5 Å². The molecule has 1 amide bonds. The predicted molar refractivity (Wildman–Crippen MR) is 116 cm³/mol. The maximum absolute atomic E-state index is 12.8. The lowest BCUT2D eigenvalue weighted by molar-refractivity contribution is -0.493. The van der Waals surface area contributed by atoms with Gasteiger partial charge in [0.15, 0.2) is 5.69 Å². The molecule has 0 atom stereocenters. The van der Waals surface area contributed by atoms with Crippen molar-refractivity contribution in [1.29, 1.82) is 0 Å². The van der Waals surface area contributed by atoms with Crippen LogP contribution in [0.1, 0.15) is 5.56 Å². The van der Waals surface area contributed by atoms with Crippen molar-refractivity contribution in [2.75, 3.05) is 5.32 Å². The van der Waals surface area contributed by atoms with Crippen LogP contribution in [-0.2, 0) is 11.2 Å². The summed E-state index contributed by atoms with van der Waals surface area (Å²) in [5.74, 6) is 0.701. The molecule has 0 spiro atoms. The lowest BCUT2D eigenvalue weighted by Gasteiger charge is -2.04. The minimum Gasteiger partial charge on any atom is -0.267 e. The Labute approximate surface area is 168 Å². The number of hydrogen-bond acceptors (Lipinski definition) is 1. The van der Waals surface area contributed by atoms with E-state index in [0.717, 1.165) is 33.7 Å². The van der Waals surface area contributed by atoms with E-state index >= 15 is 0 Å². The molecule has 3 aromatic carbocycles. The van der Waals surface area contributed by atoms with Crippen LogP contribution in [0.4, 0.5) is 5.82 Å². The minimum absolute atomic E-state index is 0.0458. The van der Waals surface area contributed by atoms with E-state index in [1.54, 1.807) is 0 Å². The molecular formula is C25H20N3O+. The second-order valence-electron chi connectivity index (χ2n) is 7.08. The van der Waals surface area contributed by atoms with E-state index in [2.05, 4.69) is 40.6 Å². The topological polar surface area (TPSA) is 49.0 Å². The molecule has 0 saturated heterocycles. The number of benzene rings is 3. The van der Waals surface area contributed by atoms with Crippen molar-refractivity contribution in [3.63, 3.8) is 0 Å². The van der Waals surface area contributed by atoms with Crippen LogP contribution in [0.15, 0.2) is 97.2 Å². The smallest absolute Gasteiger partial charge is 0.267 e. The first-order valence-corrected chi connectivity index (χ1v) is 9.63. The van der Waals surface area contributed by atoms with E-state index in [4.69, 9.17) is 0 Å². The van der Waals surface area contributed by atoms with Gasteiger partial charge in [0, 0.05) is 11.6 Å². The fourth-order valence-electron chi connectivity index (χ4n) is 3.68. The maximum atomic E-state index is 12.8. The van der Waals surface area contributed by atoms with Crippen molar-refractivity contribution in [1.82, 2.24) is 4.98 Å². The average molecular weight is 378 g/mol. The van der Waals surface area contributed by atoms with Crippen molar-refractivity contribution in [2.45, 2.75) is 6.42 Å². The number of H-pyrrole nitrogens is 1. The van der Waals surface area contributed by atoms with Crippen LogP contribution >= 0.6 is 0 Å². The Hall–Kier alpha value is -3.92. The number of fused-ring (bicyclic) bond motifs is 2. The summed E-state index contributed by atoms with van der Waals surface area (Å²) in [5, 5.41) is 5.47. The molecule has 2 N–H and O–H groups in total. The first-order chi connectivity index (χ1) is 14.3. The highest BCUT2D eigenvalue weighted by molar-refractivity contribution is 5.95. The number of anilines is 1. The van der Waals surface area contributed by atoms with Crippen molar-refractivity contribution in [3.8, 4) is 11.3 Å². The number of aromatic nitrogens is 2. The normalized spacial score (nSPS) is 11.0. The van der Waals surface area contributed by atoms with E-state index in [-0.39, 0.29) is 5.91 Å². The number of imidazole rings is 1. The molecule has 140 valence electrons. The molecule has 0 aliphatic carbocycles. The largest absolute Gasteiger partial charge is 0.284 e. The monoisotopic (exact) mass is 378 g/mol. The summed E-state index contributed by atoms with van der Waals surface area (Å²) in [6, 6.07) is 30.3. The lowest BCUT2D eigenvalue weighted by atomic mass is 10.0. The Morgan fingerprint density at radius 3 is 2.45 bits per heavy atom. The maximum Gasteiger partial charge on any atom is 0.284 e. The Morgan fingerprint density at radius 2 is 1.59 bits per heavy atom. The molecule has 0 saturated carbocycles. The first-order valence-electron chi connectivity index (χ1n) is 9.63. The second-order valence-corrected chi connectivity index (χ2v) is 7.08. The fourth-order valence-corrected chi connectivity index (χ4v) is 3.68. The van der Waals surface area contributed by atoms with Crippen LogP contribution in [0.3, 0.4) is 0 Å². The zero-order chi connectivity index (χ0) is 19.6. The highest BCUT2D eigenvalue weighted by Crippen LogP contribution is 2.28. The molecule has 29 heavy (non-hydrogen) atoms. The van der Waals surface area contributed by atoms with E-state index in [0.29, 0.717) is 6.42 Å². The van der Waals surface area contributed by atoms with Crippen LogP contribution in [0.2, 0.25) is 0 Å². The minimum atomic E-state index is -0.0458. The molecule has 0 bridgehead atoms. The number of carbonyl (C=O) groups excluding carboxylic acids is 1. The first kappa shape index (κ1) is 17.2. The molecule has 5 aromatic rings. The predicted octanol–water partition coefficient (Wildman–Crippen LogP) is 4.75. The molecule has 0 radical (unpaired) electrons. The Balaban J connectivity index is 1.57. The summed E-state index contributed by atoms with van der Waals surface area (Å²) in [6.07, 6.45) is 2.28. The summed E-state index contributed by atoms with van der Waals surface area (Å²) in [5.41, 5.74) is 3.83. The van der Waals surface area contributed by atoms with Crippen LogP contribution in [0.25, 0.3) is 27.7 Å². The van der Waals surface area contributed by atoms with Crippen LogP contribution in [-0.4, -0.2) is 10.9 Å². The summed E-state index contributed by atoms with van der Waals surface area (Å²) in [7, 11) is 0. The zero-order valence-corrected chi connectivity index (χ0v) is 15.8. The number of hydrogen-bond donors (Lipinski definition) is 2. The summed E-state index contributed by atoms with van der Waals surface area (Å²) in [4.78, 5) is 16.2. The third-order valence-electron chi connectivity index (χ3n) is 5.09. The van der Waals surface area contributed by atoms with Crippen molar-refractivity contribution < 1.29 is 9.20 Å². The fraction of sp³-hybridized carbons (Fsp3) is 0.0400. The number of nitrogens with one attached hydrogen (secondary N) is 2. The number of aromatic amines is 1. The van der Waals surface area contributed by atoms with E-state index in [1.807, 2.05) is 71.3 Å². The van der Waals surface area contributed by atoms with Crippen LogP contribution < -0.4 is 9.72 Å². The Kier molecular flexibility index (Phi) is 4.30. The molecule has 4 nitrogen and oxygen atoms in total. The molecule has 0 unspecified atom stereocenters. The number of nitrogens with zero attached hydrogens (tertiary/aromatic N) is 1. The highest BCUT2D eigenvalue weighted by Gasteiger charge is 2.22. The number of rotatable bonds is 4. The Morgan fingerprint density at radius 1 is 0.828 bits per heavy atom. The lowest BCUT2D eigenvalue weighted by Crippen LogP contribution is -2.27. The van der Waals surface area contributed by atoms with Crippen molar-refractivity contribution in [3.05, 3.63) is 103 Å². The molecule has 0 aliphatic heterocycles. The van der Waals surface area contributed by atoms with Gasteiger partial charge in [0.25, 0.3) is 11.7 Å². The van der Waals surface area contributed by atoms with Crippen molar-refractivity contribution >= 4 is 28.1 Å². The standard InChI is InChI=1S/C25H19N3O/c29-23(16-18-8-2-1-3-9-18)27-25-24(26-22-12-6-7-15-28(22)25)21-14-13-19-10-4-5-11-20(19)17-21/h1-15,17H,16H2,(H,27,29)/p+1. The number of pyridine rings is 1. The molecular weight excluding hydrogens is 358 g/mol. The second kappa shape index (κ2) is 7.24. The number of amides is 1. The molecule has 2 heterocycles. The van der Waals surface area contributed by atoms with Crippen LogP contribution in [0, 0.1) is 0 Å². The molecule has 0 fully saturated rings. The zero-order valence-electron chi connectivity index (χ0n) is 15.8. The van der Waals surface area contributed by atoms with Gasteiger partial charge in [-0.15, -0.1) is 0 Å². The van der Waals surface area contributed by atoms with Gasteiger partial charge in [0.2, 0.25) is 5.65 Å². The summed E-state index contributed by atoms with van der Waals surface area (Å²) >= 11 is 0. The van der Waals surface area contributed by atoms with Crippen molar-refractivity contribution in [2.24, 2.45) is 0 Å². The number of carbonyl (C=O) groups is 1. The molecule has 4 heteroatoms. The Bertz CT molecular complexity index is 1320. The summed E-state index contributed by atoms with van der Waals surface area (Å²) < 4.78 is 1.98. The molecule has 0 aliphatic rings. The third kappa shape index (κ3) is 3.36. The van der Waals surface area contributed by atoms with Gasteiger partial charge in [-0.2, -0.15) is 0 Å². The van der Waals surface area contributed by atoms with Gasteiger partial charge in [-0.1, -0.05) is 72.8 Å². The van der Waals surface area contributed by atoms with Gasteiger partial charge in [-0.25, -0.2) is 9.72 Å². The van der Waals surface area contributed by atoms with Gasteiger partial charge in [-0.3, -0.25) is 9.78 Å². The average Bonchev–Trinajstić information content (AvgIpc) is 3.12. The van der Waals surface area contributed by atoms with Gasteiger partial charge < -0.3 is 0 Å². The van der Waals surface area contributed by atoms with Gasteiger partial charge in [0.05, 0.1) is 12.6 Å². The SMILES string of the molecule is O=C(Cc1ccccc1)Nc1c(-c2ccc3ccccc3c2)[nH]c2cccc[n+]12. The molecule has 2 aromatic heterocycles. The van der Waals surface area contributed by atoms with Crippen LogP contribution in [0.5, 0.6) is 0 Å². The van der Waals surface area contributed by atoms with E-state index in [9.17, 15) is 4.79 Å². The van der Waals surface area contributed by atoms with Gasteiger partial charge in [0.1, 0.15) is 0 Å². The highest BCUT2D eigenvalue weighted by atomic mass is 16.1. The molecule has 5 rings (SSSR count). The quantitative estimate of drug-likeness (QED) is 0.436. The summed E-state index contributed by atoms with van der Waals surface area (Å²) in [6.45, 7) is 0.